The third kappa shape index (κ3) is 6.39. The predicted octanol–water partition coefficient (Wildman–Crippen LogP) is 6.66. The van der Waals surface area contributed by atoms with Gasteiger partial charge in [-0.25, -0.2) is 0 Å². The number of likely N-dealkylation sites (tertiary alicyclic amines) is 1. The number of Topliss-reactive ketones (excluding diaryl/α,β-unsaturated/α-hetero) is 1. The molecule has 4 heterocycles. The van der Waals surface area contributed by atoms with Crippen LogP contribution in [-0.2, 0) is 19.1 Å². The minimum absolute atomic E-state index is 0.0212. The summed E-state index contributed by atoms with van der Waals surface area (Å²) in [6.07, 6.45) is -1.00. The van der Waals surface area contributed by atoms with Gasteiger partial charge in [-0.2, -0.15) is 13.2 Å². The number of para-hydroxylation sites is 1. The molecule has 0 aliphatic carbocycles. The highest BCUT2D eigenvalue weighted by Crippen LogP contribution is 2.37. The van der Waals surface area contributed by atoms with Gasteiger partial charge in [-0.1, -0.05) is 18.2 Å². The molecule has 0 saturated carbocycles. The largest absolute Gasteiger partial charge is 0.496 e. The summed E-state index contributed by atoms with van der Waals surface area (Å²) < 4.78 is 47.0. The summed E-state index contributed by atoms with van der Waals surface area (Å²) in [5.41, 5.74) is 3.25. The van der Waals surface area contributed by atoms with Gasteiger partial charge in [-0.15, -0.1) is 0 Å². The van der Waals surface area contributed by atoms with E-state index in [1.807, 2.05) is 31.2 Å². The van der Waals surface area contributed by atoms with Gasteiger partial charge >= 0.3 is 6.18 Å². The molecule has 0 unspecified atom stereocenters. The molecular weight excluding hydrogens is 557 g/mol. The average Bonchev–Trinajstić information content (AvgIpc) is 3.27. The van der Waals surface area contributed by atoms with Gasteiger partial charge in [-0.05, 0) is 88.9 Å². The Balaban J connectivity index is 1.31. The number of alkyl halides is 3. The normalized spacial score (nSPS) is 15.6. The van der Waals surface area contributed by atoms with Gasteiger partial charge in [0.15, 0.2) is 5.78 Å². The molecule has 3 aromatic heterocycles. The molecule has 1 atom stereocenters. The number of carbonyl (C=O) groups excluding carboxylic acids is 1. The van der Waals surface area contributed by atoms with Crippen molar-refractivity contribution in [2.75, 3.05) is 20.2 Å². The first-order chi connectivity index (χ1) is 20.5. The number of halogens is 3. The Morgan fingerprint density at radius 2 is 1.86 bits per heavy atom. The summed E-state index contributed by atoms with van der Waals surface area (Å²) in [6.45, 7) is 7.95. The van der Waals surface area contributed by atoms with Crippen LogP contribution in [-0.4, -0.2) is 45.4 Å². The van der Waals surface area contributed by atoms with E-state index in [2.05, 4.69) is 26.4 Å². The fraction of sp³-hybridized carbons (Fsp3) is 0.424. The van der Waals surface area contributed by atoms with Crippen molar-refractivity contribution in [3.05, 3.63) is 92.8 Å². The second-order valence-electron chi connectivity index (χ2n) is 11.5. The average molecular weight is 595 g/mol. The molecule has 1 aromatic carbocycles. The fourth-order valence-electron chi connectivity index (χ4n) is 6.53. The minimum Gasteiger partial charge on any atom is -0.496 e. The number of aryl methyl sites for hydroxylation is 1. The quantitative estimate of drug-likeness (QED) is 0.219. The van der Waals surface area contributed by atoms with Crippen LogP contribution in [0.1, 0.15) is 70.8 Å². The molecule has 4 aromatic rings. The second-order valence-corrected chi connectivity index (χ2v) is 11.5. The molecule has 43 heavy (non-hydrogen) atoms. The van der Waals surface area contributed by atoms with Crippen molar-refractivity contribution >= 4 is 16.7 Å². The number of aromatic nitrogens is 3. The van der Waals surface area contributed by atoms with E-state index in [1.165, 1.54) is 13.3 Å². The van der Waals surface area contributed by atoms with Crippen LogP contribution in [0.15, 0.2) is 53.5 Å². The van der Waals surface area contributed by atoms with Gasteiger partial charge in [0.05, 0.1) is 12.7 Å². The number of benzene rings is 1. The van der Waals surface area contributed by atoms with Crippen LogP contribution in [0.2, 0.25) is 0 Å². The van der Waals surface area contributed by atoms with Gasteiger partial charge in [0.1, 0.15) is 11.4 Å². The molecule has 1 saturated heterocycles. The summed E-state index contributed by atoms with van der Waals surface area (Å²) in [5.74, 6) is 0.803. The number of carbonyl (C=O) groups is 1. The lowest BCUT2D eigenvalue weighted by Crippen LogP contribution is -2.36. The Morgan fingerprint density at radius 1 is 1.14 bits per heavy atom. The summed E-state index contributed by atoms with van der Waals surface area (Å²) in [6, 6.07) is 12.6. The molecule has 1 aliphatic heterocycles. The van der Waals surface area contributed by atoms with E-state index in [9.17, 15) is 22.8 Å². The zero-order valence-electron chi connectivity index (χ0n) is 24.9. The highest BCUT2D eigenvalue weighted by molar-refractivity contribution is 6.09. The number of hydrogen-bond acceptors (Lipinski definition) is 5. The van der Waals surface area contributed by atoms with E-state index in [-0.39, 0.29) is 30.2 Å². The third-order valence-electron chi connectivity index (χ3n) is 8.73. The Kier molecular flexibility index (Phi) is 8.78. The zero-order chi connectivity index (χ0) is 30.9. The van der Waals surface area contributed by atoms with Crippen molar-refractivity contribution in [1.82, 2.24) is 19.4 Å². The Labute approximate surface area is 248 Å². The van der Waals surface area contributed by atoms with E-state index in [0.29, 0.717) is 40.6 Å². The lowest BCUT2D eigenvalue weighted by atomic mass is 9.89. The lowest BCUT2D eigenvalue weighted by Gasteiger charge is -2.36. The van der Waals surface area contributed by atoms with Gasteiger partial charge in [0.25, 0.3) is 5.56 Å². The van der Waals surface area contributed by atoms with E-state index in [4.69, 9.17) is 4.74 Å². The number of methoxy groups -OCH3 is 1. The Bertz CT molecular complexity index is 1680. The second kappa shape index (κ2) is 12.4. The molecule has 228 valence electrons. The van der Waals surface area contributed by atoms with E-state index in [0.717, 1.165) is 48.6 Å². The highest BCUT2D eigenvalue weighted by atomic mass is 19.4. The summed E-state index contributed by atoms with van der Waals surface area (Å²) in [5, 5.41) is 0.900. The molecule has 7 nitrogen and oxygen atoms in total. The molecule has 1 fully saturated rings. The molecule has 0 spiro atoms. The standard InChI is InChI=1S/C33H37F3N4O3/c1-20-17-29(43-4)26(32(42)38-20)9-10-28(41)31-22(3)40(27-8-6-5-7-25(27)31)21(2)24-12-15-39(16-13-24)19-23-11-14-37-30(18-23)33(34,35)36/h5-8,11,14,17-18,21,24H,9-10,12-13,15-16,19H2,1-4H3,(H,38,42)/t21-/m1/s1. The van der Waals surface area contributed by atoms with Gasteiger partial charge in [0, 0.05) is 53.1 Å². The van der Waals surface area contributed by atoms with Crippen LogP contribution in [0.3, 0.4) is 0 Å². The topological polar surface area (TPSA) is 80.2 Å². The maximum atomic E-state index is 13.7. The van der Waals surface area contributed by atoms with E-state index < -0.39 is 11.9 Å². The number of aromatic amines is 1. The van der Waals surface area contributed by atoms with Crippen molar-refractivity contribution in [3.63, 3.8) is 0 Å². The Morgan fingerprint density at radius 3 is 2.56 bits per heavy atom. The van der Waals surface area contributed by atoms with E-state index in [1.54, 1.807) is 19.1 Å². The smallest absolute Gasteiger partial charge is 0.433 e. The van der Waals surface area contributed by atoms with Crippen LogP contribution in [0, 0.1) is 19.8 Å². The molecule has 1 aliphatic rings. The number of rotatable bonds is 9. The fourth-order valence-corrected chi connectivity index (χ4v) is 6.53. The number of nitrogens with zero attached hydrogens (tertiary/aromatic N) is 3. The number of pyridine rings is 2. The number of H-pyrrole nitrogens is 1. The first-order valence-corrected chi connectivity index (χ1v) is 14.6. The number of nitrogens with one attached hydrogen (secondary N) is 1. The number of ether oxygens (including phenoxy) is 1. The van der Waals surface area contributed by atoms with Crippen molar-refractivity contribution in [3.8, 4) is 5.75 Å². The summed E-state index contributed by atoms with van der Waals surface area (Å²) in [7, 11) is 1.52. The van der Waals surface area contributed by atoms with Gasteiger partial charge in [0.2, 0.25) is 0 Å². The van der Waals surface area contributed by atoms with Crippen LogP contribution >= 0.6 is 0 Å². The zero-order valence-corrected chi connectivity index (χ0v) is 24.9. The van der Waals surface area contributed by atoms with Gasteiger partial charge in [-0.3, -0.25) is 19.5 Å². The summed E-state index contributed by atoms with van der Waals surface area (Å²) in [4.78, 5) is 34.7. The molecule has 0 amide bonds. The third-order valence-corrected chi connectivity index (χ3v) is 8.73. The van der Waals surface area contributed by atoms with Crippen LogP contribution < -0.4 is 10.3 Å². The predicted molar refractivity (Wildman–Crippen MR) is 160 cm³/mol. The molecule has 0 radical (unpaired) electrons. The molecule has 10 heteroatoms. The maximum absolute atomic E-state index is 13.7. The lowest BCUT2D eigenvalue weighted by molar-refractivity contribution is -0.141. The molecule has 0 bridgehead atoms. The van der Waals surface area contributed by atoms with Crippen molar-refractivity contribution in [2.45, 2.75) is 65.2 Å². The van der Waals surface area contributed by atoms with Crippen molar-refractivity contribution in [1.29, 1.82) is 0 Å². The number of hydrogen-bond donors (Lipinski definition) is 1. The maximum Gasteiger partial charge on any atom is 0.433 e. The van der Waals surface area contributed by atoms with Crippen LogP contribution in [0.4, 0.5) is 13.2 Å². The van der Waals surface area contributed by atoms with E-state index >= 15 is 0 Å². The number of ketones is 1. The van der Waals surface area contributed by atoms with Crippen molar-refractivity contribution < 1.29 is 22.7 Å². The minimum atomic E-state index is -4.46. The number of piperidine rings is 1. The van der Waals surface area contributed by atoms with Crippen LogP contribution in [0.5, 0.6) is 5.75 Å². The highest BCUT2D eigenvalue weighted by Gasteiger charge is 2.33. The SMILES string of the molecule is COc1cc(C)[nH]c(=O)c1CCC(=O)c1c(C)n([C@H](C)C2CCN(Cc3ccnc(C(F)(F)F)c3)CC2)c2ccccc12. The first-order valence-electron chi connectivity index (χ1n) is 14.6. The van der Waals surface area contributed by atoms with Crippen molar-refractivity contribution in [2.24, 2.45) is 5.92 Å². The molecule has 1 N–H and O–H groups in total. The Hall–Kier alpha value is -3.92. The van der Waals surface area contributed by atoms with Gasteiger partial charge < -0.3 is 14.3 Å². The molecular formula is C33H37F3N4O3. The van der Waals surface area contributed by atoms with Crippen LogP contribution in [0.25, 0.3) is 10.9 Å². The summed E-state index contributed by atoms with van der Waals surface area (Å²) >= 11 is 0. The number of fused-ring (bicyclic) bond motifs is 1. The monoisotopic (exact) mass is 594 g/mol. The molecule has 5 rings (SSSR count). The first kappa shape index (κ1) is 30.5.